The van der Waals surface area contributed by atoms with Crippen LogP contribution in [0.25, 0.3) is 0 Å². The van der Waals surface area contributed by atoms with E-state index in [4.69, 9.17) is 18.5 Å². The summed E-state index contributed by atoms with van der Waals surface area (Å²) in [7, 11) is 1.17. The molecule has 0 aliphatic heterocycles. The number of phosphoric ester groups is 1. The Hall–Kier alpha value is -1.51. The number of ether oxygens (including phenoxy) is 2. The molecule has 2 unspecified atom stereocenters. The van der Waals surface area contributed by atoms with E-state index in [9.17, 15) is 19.0 Å². The van der Waals surface area contributed by atoms with Crippen LogP contribution < -0.4 is 4.89 Å². The maximum absolute atomic E-state index is 12.7. The summed E-state index contributed by atoms with van der Waals surface area (Å²) in [5, 5.41) is 0. The van der Waals surface area contributed by atoms with Crippen LogP contribution in [0.1, 0.15) is 194 Å². The molecule has 2 atom stereocenters. The summed E-state index contributed by atoms with van der Waals surface area (Å²) in [6.07, 6.45) is 39.1. The molecule has 0 spiro atoms. The van der Waals surface area contributed by atoms with Gasteiger partial charge in [0, 0.05) is 12.8 Å². The van der Waals surface area contributed by atoms with Crippen molar-refractivity contribution in [1.82, 2.24) is 0 Å². The number of esters is 2. The monoisotopic (exact) mass is 786 g/mol. The molecule has 54 heavy (non-hydrogen) atoms. The number of hydrogen-bond donors (Lipinski definition) is 0. The van der Waals surface area contributed by atoms with Gasteiger partial charge in [-0.3, -0.25) is 14.2 Å². The summed E-state index contributed by atoms with van der Waals surface area (Å²) in [6.45, 7) is 4.14. The van der Waals surface area contributed by atoms with Gasteiger partial charge in [-0.15, -0.1) is 0 Å². The molecule has 0 amide bonds. The van der Waals surface area contributed by atoms with Gasteiger partial charge in [0.1, 0.15) is 19.8 Å². The van der Waals surface area contributed by atoms with Gasteiger partial charge in [0.25, 0.3) is 7.82 Å². The summed E-state index contributed by atoms with van der Waals surface area (Å²) in [6, 6.07) is 0. The van der Waals surface area contributed by atoms with Crippen molar-refractivity contribution >= 4 is 19.8 Å². The highest BCUT2D eigenvalue weighted by Crippen LogP contribution is 2.38. The van der Waals surface area contributed by atoms with Gasteiger partial charge in [0.2, 0.25) is 0 Å². The average Bonchev–Trinajstić information content (AvgIpc) is 3.12. The van der Waals surface area contributed by atoms with Crippen LogP contribution in [0.2, 0.25) is 0 Å². The van der Waals surface area contributed by atoms with Gasteiger partial charge < -0.3 is 27.9 Å². The highest BCUT2D eigenvalue weighted by atomic mass is 31.2. The molecule has 0 aromatic rings. The van der Waals surface area contributed by atoms with Crippen LogP contribution in [0.3, 0.4) is 0 Å². The molecule has 0 saturated carbocycles. The van der Waals surface area contributed by atoms with Crippen molar-refractivity contribution < 1.29 is 42.1 Å². The van der Waals surface area contributed by atoms with E-state index in [2.05, 4.69) is 38.2 Å². The zero-order chi connectivity index (χ0) is 40.0. The van der Waals surface area contributed by atoms with E-state index in [-0.39, 0.29) is 32.0 Å². The van der Waals surface area contributed by atoms with Gasteiger partial charge in [-0.2, -0.15) is 0 Å². The van der Waals surface area contributed by atoms with Crippen molar-refractivity contribution in [3.63, 3.8) is 0 Å². The largest absolute Gasteiger partial charge is 0.756 e. The molecule has 0 heterocycles. The molecule has 0 radical (unpaired) electrons. The molecule has 0 N–H and O–H groups in total. The second-order valence-electron chi connectivity index (χ2n) is 16.1. The summed E-state index contributed by atoms with van der Waals surface area (Å²) in [5.74, 6) is -0.833. The van der Waals surface area contributed by atoms with Crippen LogP contribution in [0.5, 0.6) is 0 Å². The number of quaternary nitrogens is 1. The number of phosphoric acid groups is 1. The fourth-order valence-electron chi connectivity index (χ4n) is 5.95. The predicted octanol–water partition coefficient (Wildman–Crippen LogP) is 11.7. The Balaban J connectivity index is 4.33. The van der Waals surface area contributed by atoms with E-state index >= 15 is 0 Å². The number of allylic oxidation sites excluding steroid dienone is 4. The number of unbranched alkanes of at least 4 members (excludes halogenated alkanes) is 22. The predicted molar refractivity (Wildman–Crippen MR) is 222 cm³/mol. The fraction of sp³-hybridized carbons (Fsp3) is 0.864. The van der Waals surface area contributed by atoms with E-state index in [0.29, 0.717) is 17.4 Å². The summed E-state index contributed by atoms with van der Waals surface area (Å²) in [5.41, 5.74) is 0. The van der Waals surface area contributed by atoms with Crippen molar-refractivity contribution in [3.05, 3.63) is 24.3 Å². The Morgan fingerprint density at radius 2 is 0.944 bits per heavy atom. The summed E-state index contributed by atoms with van der Waals surface area (Å²) >= 11 is 0. The molecule has 0 fully saturated rings. The number of carbonyl (C=O) groups excluding carboxylic acids is 2. The first-order chi connectivity index (χ1) is 26.0. The van der Waals surface area contributed by atoms with E-state index < -0.39 is 26.5 Å². The molecule has 0 saturated heterocycles. The first kappa shape index (κ1) is 52.5. The maximum Gasteiger partial charge on any atom is 0.306 e. The van der Waals surface area contributed by atoms with E-state index in [1.54, 1.807) is 0 Å². The average molecular weight is 786 g/mol. The molecular formula is C44H84NO8P. The Kier molecular flexibility index (Phi) is 36.1. The number of rotatable bonds is 40. The fourth-order valence-corrected chi connectivity index (χ4v) is 6.68. The van der Waals surface area contributed by atoms with Crippen LogP contribution in [0, 0.1) is 0 Å². The third-order valence-corrected chi connectivity index (χ3v) is 10.4. The Morgan fingerprint density at radius 1 is 0.556 bits per heavy atom. The topological polar surface area (TPSA) is 111 Å². The zero-order valence-corrected chi connectivity index (χ0v) is 36.6. The lowest BCUT2D eigenvalue weighted by Gasteiger charge is -2.28. The molecular weight excluding hydrogens is 701 g/mol. The van der Waals surface area contributed by atoms with Crippen LogP contribution in [-0.4, -0.2) is 70.0 Å². The molecule has 0 aromatic heterocycles. The number of likely N-dealkylation sites (N-methyl/N-ethyl adjacent to an activating group) is 1. The van der Waals surface area contributed by atoms with Gasteiger partial charge in [0.15, 0.2) is 6.10 Å². The van der Waals surface area contributed by atoms with Crippen LogP contribution in [0.4, 0.5) is 0 Å². The van der Waals surface area contributed by atoms with Gasteiger partial charge in [-0.1, -0.05) is 154 Å². The number of nitrogens with zero attached hydrogens (tertiary/aromatic N) is 1. The van der Waals surface area contributed by atoms with E-state index in [0.717, 1.165) is 38.5 Å². The van der Waals surface area contributed by atoms with E-state index in [1.807, 2.05) is 21.1 Å². The smallest absolute Gasteiger partial charge is 0.306 e. The lowest BCUT2D eigenvalue weighted by Crippen LogP contribution is -2.37. The quantitative estimate of drug-likeness (QED) is 0.0198. The first-order valence-corrected chi connectivity index (χ1v) is 23.5. The standard InChI is InChI=1S/C44H84NO8P/c1-6-8-10-12-14-16-18-20-22-24-26-28-30-32-34-36-43(46)50-40-42(41-52-54(48,49)51-39-38-45(3,4)5)53-44(47)37-35-33-31-29-27-25-23-21-19-17-15-13-11-9-7-2/h10-13,42H,6-9,14-41H2,1-5H3/b12-10+,13-11+. The van der Waals surface area contributed by atoms with Crippen LogP contribution in [0.15, 0.2) is 24.3 Å². The minimum atomic E-state index is -4.62. The van der Waals surface area contributed by atoms with Gasteiger partial charge in [-0.05, 0) is 51.4 Å². The van der Waals surface area contributed by atoms with Crippen molar-refractivity contribution in [1.29, 1.82) is 0 Å². The van der Waals surface area contributed by atoms with Crippen molar-refractivity contribution in [3.8, 4) is 0 Å². The highest BCUT2D eigenvalue weighted by Gasteiger charge is 2.21. The highest BCUT2D eigenvalue weighted by molar-refractivity contribution is 7.45. The minimum absolute atomic E-state index is 0.0298. The summed E-state index contributed by atoms with van der Waals surface area (Å²) < 4.78 is 33.9. The van der Waals surface area contributed by atoms with Gasteiger partial charge in [0.05, 0.1) is 27.7 Å². The lowest BCUT2D eigenvalue weighted by atomic mass is 10.0. The third-order valence-electron chi connectivity index (χ3n) is 9.41. The third kappa shape index (κ3) is 40.2. The van der Waals surface area contributed by atoms with E-state index in [1.165, 1.54) is 122 Å². The Bertz CT molecular complexity index is 980. The molecule has 9 nitrogen and oxygen atoms in total. The van der Waals surface area contributed by atoms with Gasteiger partial charge >= 0.3 is 11.9 Å². The van der Waals surface area contributed by atoms with Crippen molar-refractivity contribution in [2.45, 2.75) is 200 Å². The SMILES string of the molecule is CCC/C=C/CCCCCCCCCCCCC(=O)OCC(COP(=O)([O-])OCC[N+](C)(C)C)OC(=O)CCCCCCCCCCCC/C=C/CCC. The molecule has 0 aliphatic rings. The summed E-state index contributed by atoms with van der Waals surface area (Å²) in [4.78, 5) is 37.5. The second-order valence-corrected chi connectivity index (χ2v) is 17.5. The normalized spacial score (nSPS) is 13.8. The van der Waals surface area contributed by atoms with Crippen LogP contribution in [-0.2, 0) is 32.7 Å². The first-order valence-electron chi connectivity index (χ1n) is 22.0. The maximum atomic E-state index is 12.7. The minimum Gasteiger partial charge on any atom is -0.756 e. The molecule has 0 rings (SSSR count). The second kappa shape index (κ2) is 37.1. The van der Waals surface area contributed by atoms with Gasteiger partial charge in [-0.25, -0.2) is 0 Å². The Morgan fingerprint density at radius 3 is 1.37 bits per heavy atom. The molecule has 10 heteroatoms. The molecule has 0 aromatic carbocycles. The van der Waals surface area contributed by atoms with Crippen molar-refractivity contribution in [2.24, 2.45) is 0 Å². The molecule has 318 valence electrons. The van der Waals surface area contributed by atoms with Crippen LogP contribution >= 0.6 is 7.82 Å². The molecule has 0 aliphatic carbocycles. The van der Waals surface area contributed by atoms with Crippen molar-refractivity contribution in [2.75, 3.05) is 47.5 Å². The lowest BCUT2D eigenvalue weighted by molar-refractivity contribution is -0.870. The molecule has 0 bridgehead atoms. The number of hydrogen-bond acceptors (Lipinski definition) is 8. The number of carbonyl (C=O) groups is 2. The zero-order valence-electron chi connectivity index (χ0n) is 35.7. The Labute approximate surface area is 332 Å².